The molecular formula is C46H52N2O15. The van der Waals surface area contributed by atoms with Crippen LogP contribution >= 0.6 is 0 Å². The van der Waals surface area contributed by atoms with Crippen LogP contribution in [0.2, 0.25) is 0 Å². The number of ether oxygens (including phenoxy) is 5. The van der Waals surface area contributed by atoms with Crippen LogP contribution in [-0.2, 0) is 42.9 Å². The molecule has 17 heteroatoms. The molecule has 11 atom stereocenters. The maximum absolute atomic E-state index is 15.5. The molecule has 1 aliphatic heterocycles. The molecule has 3 aliphatic carbocycles. The van der Waals surface area contributed by atoms with Crippen LogP contribution in [0.15, 0.2) is 94.6 Å². The van der Waals surface area contributed by atoms with E-state index in [4.69, 9.17) is 28.1 Å². The fraction of sp³-hybridized carbons (Fsp3) is 0.478. The number of nitrogens with zero attached hydrogens (tertiary/aromatic N) is 1. The summed E-state index contributed by atoms with van der Waals surface area (Å²) in [6.45, 7) is 7.89. The van der Waals surface area contributed by atoms with E-state index < -0.39 is 113 Å². The lowest BCUT2D eigenvalue weighted by Gasteiger charge is -2.67. The van der Waals surface area contributed by atoms with Gasteiger partial charge in [-0.1, -0.05) is 50.2 Å². The number of esters is 4. The number of hydrogen-bond donors (Lipinski definition) is 4. The van der Waals surface area contributed by atoms with E-state index in [1.165, 1.54) is 56.3 Å². The Balaban J connectivity index is 1.36. The van der Waals surface area contributed by atoms with Crippen LogP contribution in [0.4, 0.5) is 10.5 Å². The van der Waals surface area contributed by atoms with Crippen molar-refractivity contribution >= 4 is 41.4 Å². The molecule has 3 fully saturated rings. The number of aliphatic hydroxyl groups is 3. The molecule has 4 N–H and O–H groups in total. The van der Waals surface area contributed by atoms with Gasteiger partial charge in [0.25, 0.3) is 0 Å². The first kappa shape index (κ1) is 45.2. The second-order valence-corrected chi connectivity index (χ2v) is 17.5. The molecule has 1 unspecified atom stereocenters. The number of urea groups is 1. The number of nitrogens with one attached hydrogen (secondary N) is 1. The Kier molecular flexibility index (Phi) is 12.0. The number of Topliss-reactive ketones (excluding diaryl/α,β-unsaturated/α-hetero) is 1. The maximum atomic E-state index is 15.5. The van der Waals surface area contributed by atoms with E-state index in [0.717, 1.165) is 13.8 Å². The SMILES string of the molecule is CC(=O)O[C@H]1C(=O)[C@@]2(C)[C@H]([C@H](OC(=O)c3ccccc3)[C@]3(O)CC(OC(=O)[C@H](O)[C@@H](NC(=O)N(C)c4ccccc4)c4ccco4)C(C)=C1C3(C)C)[C@]1(OC(C)=O)CO[C@@H]1C[C@@H]2O. The van der Waals surface area contributed by atoms with Crippen molar-refractivity contribution in [2.24, 2.45) is 16.7 Å². The Hall–Kier alpha value is -5.88. The number of benzene rings is 2. The van der Waals surface area contributed by atoms with Crippen LogP contribution in [0.5, 0.6) is 0 Å². The zero-order valence-electron chi connectivity index (χ0n) is 35.9. The molecule has 3 aromatic rings. The highest BCUT2D eigenvalue weighted by Gasteiger charge is 2.78. The van der Waals surface area contributed by atoms with Gasteiger partial charge in [0.05, 0.1) is 35.9 Å². The van der Waals surface area contributed by atoms with Crippen LogP contribution in [0.3, 0.4) is 0 Å². The number of aliphatic hydroxyl groups excluding tert-OH is 2. The van der Waals surface area contributed by atoms with Gasteiger partial charge in [-0.2, -0.15) is 0 Å². The lowest BCUT2D eigenvalue weighted by molar-refractivity contribution is -0.346. The molecule has 4 aliphatic rings. The van der Waals surface area contributed by atoms with E-state index in [2.05, 4.69) is 5.32 Å². The van der Waals surface area contributed by atoms with Gasteiger partial charge in [-0.3, -0.25) is 19.3 Å². The standard InChI is InChI=1S/C46H52N2O15/c1-24-30(61-41(55)35(52)34(29-19-14-20-58-29)47-42(56)48(7)28-17-12-9-13-18-28)22-46(57)39(62-40(54)27-15-10-8-11-16-27)37-44(6,31(51)21-32-45(37,23-59-32)63-26(3)50)38(53)36(60-25(2)49)33(24)43(46,4)5/h8-20,30-32,34-37,39,51-52,57H,21-23H2,1-7H3,(H,47,56)/t30?,31-,32+,34-,35+,36+,37-,39-,44+,45-,46+/m0/s1. The summed E-state index contributed by atoms with van der Waals surface area (Å²) >= 11 is 0. The molecule has 0 radical (unpaired) electrons. The van der Waals surface area contributed by atoms with Gasteiger partial charge in [-0.15, -0.1) is 0 Å². The van der Waals surface area contributed by atoms with E-state index in [1.54, 1.807) is 62.4 Å². The van der Waals surface area contributed by atoms with Crippen molar-refractivity contribution in [1.82, 2.24) is 5.32 Å². The Morgan fingerprint density at radius 1 is 0.905 bits per heavy atom. The smallest absolute Gasteiger partial charge is 0.338 e. The van der Waals surface area contributed by atoms with Gasteiger partial charge in [0, 0.05) is 44.8 Å². The van der Waals surface area contributed by atoms with Gasteiger partial charge in [0.2, 0.25) is 0 Å². The molecule has 7 rings (SSSR count). The van der Waals surface area contributed by atoms with Gasteiger partial charge in [-0.25, -0.2) is 14.4 Å². The lowest BCUT2D eigenvalue weighted by Crippen LogP contribution is -2.82. The third-order valence-electron chi connectivity index (χ3n) is 13.6. The topological polar surface area (TPSA) is 238 Å². The molecule has 2 amide bonds. The van der Waals surface area contributed by atoms with Gasteiger partial charge >= 0.3 is 29.9 Å². The first-order chi connectivity index (χ1) is 29.7. The number of hydrogen-bond acceptors (Lipinski definition) is 15. The van der Waals surface area contributed by atoms with Crippen molar-refractivity contribution in [2.45, 2.75) is 108 Å². The van der Waals surface area contributed by atoms with Crippen LogP contribution in [0.25, 0.3) is 0 Å². The van der Waals surface area contributed by atoms with Crippen molar-refractivity contribution in [2.75, 3.05) is 18.6 Å². The summed E-state index contributed by atoms with van der Waals surface area (Å²) in [5, 5.41) is 40.1. The number of amides is 2. The van der Waals surface area contributed by atoms with E-state index in [0.29, 0.717) is 5.69 Å². The Morgan fingerprint density at radius 3 is 2.13 bits per heavy atom. The van der Waals surface area contributed by atoms with Gasteiger partial charge in [0.15, 0.2) is 23.6 Å². The zero-order chi connectivity index (χ0) is 45.8. The molecule has 1 aromatic heterocycles. The van der Waals surface area contributed by atoms with Gasteiger partial charge < -0.3 is 48.7 Å². The number of carbonyl (C=O) groups excluding carboxylic acids is 6. The van der Waals surface area contributed by atoms with Gasteiger partial charge in [0.1, 0.15) is 35.7 Å². The number of carbonyl (C=O) groups is 6. The van der Waals surface area contributed by atoms with Crippen molar-refractivity contribution in [3.05, 3.63) is 102 Å². The summed E-state index contributed by atoms with van der Waals surface area (Å²) in [5.74, 6) is -6.38. The average molecular weight is 873 g/mol. The number of ketones is 1. The minimum atomic E-state index is -2.41. The quantitative estimate of drug-likeness (QED) is 0.129. The largest absolute Gasteiger partial charge is 0.467 e. The number of furan rings is 1. The highest BCUT2D eigenvalue weighted by molar-refractivity contribution is 5.96. The minimum absolute atomic E-state index is 0.00510. The number of para-hydroxylation sites is 1. The number of fused-ring (bicyclic) bond motifs is 5. The third-order valence-corrected chi connectivity index (χ3v) is 13.6. The fourth-order valence-corrected chi connectivity index (χ4v) is 10.1. The predicted molar refractivity (Wildman–Crippen MR) is 219 cm³/mol. The summed E-state index contributed by atoms with van der Waals surface area (Å²) in [5.41, 5.74) is -7.26. The summed E-state index contributed by atoms with van der Waals surface area (Å²) in [4.78, 5) is 84.8. The molecule has 63 heavy (non-hydrogen) atoms. The molecule has 17 nitrogen and oxygen atoms in total. The van der Waals surface area contributed by atoms with Crippen LogP contribution in [-0.4, -0.2) is 112 Å². The monoisotopic (exact) mass is 872 g/mol. The Morgan fingerprint density at radius 2 is 1.56 bits per heavy atom. The Labute approximate surface area is 363 Å². The second-order valence-electron chi connectivity index (χ2n) is 17.5. The molecule has 2 aromatic carbocycles. The summed E-state index contributed by atoms with van der Waals surface area (Å²) < 4.78 is 35.7. The number of rotatable bonds is 10. The third kappa shape index (κ3) is 7.49. The maximum Gasteiger partial charge on any atom is 0.338 e. The zero-order valence-corrected chi connectivity index (χ0v) is 35.9. The summed E-state index contributed by atoms with van der Waals surface area (Å²) in [6.07, 6.45) is -9.45. The van der Waals surface area contributed by atoms with Crippen molar-refractivity contribution in [3.63, 3.8) is 0 Å². The fourth-order valence-electron chi connectivity index (χ4n) is 10.1. The summed E-state index contributed by atoms with van der Waals surface area (Å²) in [6, 6.07) is 17.1. The van der Waals surface area contributed by atoms with Gasteiger partial charge in [-0.05, 0) is 61.4 Å². The van der Waals surface area contributed by atoms with Crippen LogP contribution < -0.4 is 10.2 Å². The summed E-state index contributed by atoms with van der Waals surface area (Å²) in [7, 11) is 1.49. The average Bonchev–Trinajstić information content (AvgIpc) is 3.78. The minimum Gasteiger partial charge on any atom is -0.467 e. The van der Waals surface area contributed by atoms with E-state index in [1.807, 2.05) is 0 Å². The van der Waals surface area contributed by atoms with E-state index >= 15 is 4.79 Å². The van der Waals surface area contributed by atoms with Crippen molar-refractivity contribution in [3.8, 4) is 0 Å². The second kappa shape index (κ2) is 16.7. The first-order valence-corrected chi connectivity index (χ1v) is 20.6. The first-order valence-electron chi connectivity index (χ1n) is 20.6. The molecular weight excluding hydrogens is 821 g/mol. The van der Waals surface area contributed by atoms with Crippen LogP contribution in [0, 0.1) is 16.7 Å². The predicted octanol–water partition coefficient (Wildman–Crippen LogP) is 3.74. The van der Waals surface area contributed by atoms with Crippen LogP contribution in [0.1, 0.15) is 76.5 Å². The lowest BCUT2D eigenvalue weighted by atomic mass is 9.44. The van der Waals surface area contributed by atoms with Crippen molar-refractivity contribution < 1.29 is 72.2 Å². The molecule has 1 saturated heterocycles. The highest BCUT2D eigenvalue weighted by atomic mass is 16.6. The molecule has 2 saturated carbocycles. The van der Waals surface area contributed by atoms with Crippen molar-refractivity contribution in [1.29, 1.82) is 0 Å². The van der Waals surface area contributed by atoms with E-state index in [9.17, 15) is 39.3 Å². The normalized spacial score (nSPS) is 31.6. The Bertz CT molecular complexity index is 2300. The highest BCUT2D eigenvalue weighted by Crippen LogP contribution is 2.64. The number of anilines is 1. The molecule has 2 bridgehead atoms. The van der Waals surface area contributed by atoms with E-state index in [-0.39, 0.29) is 35.5 Å². The molecule has 336 valence electrons. The molecule has 0 spiro atoms. The molecule has 2 heterocycles.